The van der Waals surface area contributed by atoms with Crippen LogP contribution in [0.15, 0.2) is 24.3 Å². The van der Waals surface area contributed by atoms with Gasteiger partial charge in [0.25, 0.3) is 0 Å². The van der Waals surface area contributed by atoms with Gasteiger partial charge in [0.1, 0.15) is 0 Å². The number of carbonyl (C=O) groups is 1. The molecule has 0 aliphatic carbocycles. The monoisotopic (exact) mass is 308 g/mol. The lowest BCUT2D eigenvalue weighted by Gasteiger charge is -2.26. The summed E-state index contributed by atoms with van der Waals surface area (Å²) in [6.45, 7) is 7.15. The highest BCUT2D eigenvalue weighted by Gasteiger charge is 2.27. The van der Waals surface area contributed by atoms with Crippen LogP contribution in [-0.2, 0) is 17.6 Å². The lowest BCUT2D eigenvalue weighted by molar-refractivity contribution is -0.147. The Kier molecular flexibility index (Phi) is 6.15. The van der Waals surface area contributed by atoms with E-state index in [-0.39, 0.29) is 0 Å². The lowest BCUT2D eigenvalue weighted by Crippen LogP contribution is -2.29. The van der Waals surface area contributed by atoms with Gasteiger partial charge in [0.15, 0.2) is 6.29 Å². The Bertz CT molecular complexity index is 486. The summed E-state index contributed by atoms with van der Waals surface area (Å²) in [4.78, 5) is 11.1. The Labute approximate surface area is 132 Å². The van der Waals surface area contributed by atoms with E-state index in [1.165, 1.54) is 0 Å². The highest BCUT2D eigenvalue weighted by molar-refractivity contribution is 5.73. The standard InChI is InChI=1S/C18H28O4/c1-17(2,15(19)20)11-9-13-5-7-14(8-6-13)10-12-18(3,4)16(21)22/h5-8,15,19-20H,9-12H2,1-4H3,(H,21,22). The Hall–Kier alpha value is -1.39. The SMILES string of the molecule is CC(C)(CCc1ccc(CCC(C)(C)C(O)O)cc1)C(=O)O. The van der Waals surface area contributed by atoms with Gasteiger partial charge < -0.3 is 15.3 Å². The average Bonchev–Trinajstić information content (AvgIpc) is 2.44. The van der Waals surface area contributed by atoms with E-state index in [9.17, 15) is 15.0 Å². The largest absolute Gasteiger partial charge is 0.481 e. The summed E-state index contributed by atoms with van der Waals surface area (Å²) in [5.41, 5.74) is 1.04. The molecule has 0 atom stereocenters. The van der Waals surface area contributed by atoms with E-state index in [1.807, 2.05) is 38.1 Å². The van der Waals surface area contributed by atoms with E-state index in [1.54, 1.807) is 13.8 Å². The first-order chi connectivity index (χ1) is 10.0. The molecule has 124 valence electrons. The predicted molar refractivity (Wildman–Crippen MR) is 86.5 cm³/mol. The third-order valence-electron chi connectivity index (χ3n) is 4.40. The highest BCUT2D eigenvalue weighted by Crippen LogP contribution is 2.26. The molecule has 0 aromatic heterocycles. The zero-order valence-corrected chi connectivity index (χ0v) is 14.0. The van der Waals surface area contributed by atoms with Gasteiger partial charge in [0, 0.05) is 5.41 Å². The number of aliphatic hydroxyl groups excluding tert-OH is 1. The van der Waals surface area contributed by atoms with Gasteiger partial charge in [0.05, 0.1) is 5.41 Å². The topological polar surface area (TPSA) is 77.8 Å². The molecule has 1 rings (SSSR count). The van der Waals surface area contributed by atoms with Crippen molar-refractivity contribution in [3.63, 3.8) is 0 Å². The fraction of sp³-hybridized carbons (Fsp3) is 0.611. The van der Waals surface area contributed by atoms with Crippen molar-refractivity contribution in [3.05, 3.63) is 35.4 Å². The fourth-order valence-electron chi connectivity index (χ4n) is 2.03. The summed E-state index contributed by atoms with van der Waals surface area (Å²) in [6.07, 6.45) is 1.50. The first kappa shape index (κ1) is 18.7. The maximum absolute atomic E-state index is 11.1. The van der Waals surface area contributed by atoms with E-state index >= 15 is 0 Å². The smallest absolute Gasteiger partial charge is 0.309 e. The van der Waals surface area contributed by atoms with Gasteiger partial charge in [-0.25, -0.2) is 0 Å². The van der Waals surface area contributed by atoms with E-state index < -0.39 is 23.1 Å². The fourth-order valence-corrected chi connectivity index (χ4v) is 2.03. The second-order valence-electron chi connectivity index (χ2n) is 7.37. The van der Waals surface area contributed by atoms with Crippen molar-refractivity contribution in [2.75, 3.05) is 0 Å². The summed E-state index contributed by atoms with van der Waals surface area (Å²) >= 11 is 0. The number of aliphatic carboxylic acids is 1. The summed E-state index contributed by atoms with van der Waals surface area (Å²) in [7, 11) is 0. The molecule has 0 radical (unpaired) electrons. The molecule has 3 N–H and O–H groups in total. The van der Waals surface area contributed by atoms with Gasteiger partial charge >= 0.3 is 5.97 Å². The van der Waals surface area contributed by atoms with Gasteiger partial charge in [-0.1, -0.05) is 38.1 Å². The second-order valence-corrected chi connectivity index (χ2v) is 7.37. The normalized spacial score (nSPS) is 12.7. The molecular formula is C18H28O4. The zero-order valence-electron chi connectivity index (χ0n) is 14.0. The minimum atomic E-state index is -1.31. The number of carboxylic acid groups (broad SMARTS) is 1. The second kappa shape index (κ2) is 7.25. The average molecular weight is 308 g/mol. The molecule has 4 heteroatoms. The van der Waals surface area contributed by atoms with Crippen molar-refractivity contribution >= 4 is 5.97 Å². The summed E-state index contributed by atoms with van der Waals surface area (Å²) in [5, 5.41) is 27.7. The minimum Gasteiger partial charge on any atom is -0.481 e. The number of rotatable bonds is 8. The molecule has 1 aromatic rings. The molecule has 0 amide bonds. The maximum atomic E-state index is 11.1. The minimum absolute atomic E-state index is 0.524. The molecule has 0 bridgehead atoms. The Balaban J connectivity index is 2.55. The van der Waals surface area contributed by atoms with Gasteiger partial charge in [-0.05, 0) is 50.7 Å². The van der Waals surface area contributed by atoms with Crippen molar-refractivity contribution < 1.29 is 20.1 Å². The third-order valence-corrected chi connectivity index (χ3v) is 4.40. The zero-order chi connectivity index (χ0) is 17.0. The Morgan fingerprint density at radius 2 is 1.36 bits per heavy atom. The first-order valence-corrected chi connectivity index (χ1v) is 7.72. The summed E-state index contributed by atoms with van der Waals surface area (Å²) in [5.74, 6) is -0.770. The summed E-state index contributed by atoms with van der Waals surface area (Å²) < 4.78 is 0. The number of carboxylic acids is 1. The number of aliphatic hydroxyl groups is 2. The van der Waals surface area contributed by atoms with Crippen LogP contribution >= 0.6 is 0 Å². The van der Waals surface area contributed by atoms with Crippen LogP contribution in [0.1, 0.15) is 51.7 Å². The lowest BCUT2D eigenvalue weighted by atomic mass is 9.85. The van der Waals surface area contributed by atoms with Crippen LogP contribution in [-0.4, -0.2) is 27.6 Å². The van der Waals surface area contributed by atoms with Crippen LogP contribution in [0.2, 0.25) is 0 Å². The molecule has 0 aliphatic heterocycles. The molecule has 0 aliphatic rings. The van der Waals surface area contributed by atoms with E-state index in [0.29, 0.717) is 12.8 Å². The van der Waals surface area contributed by atoms with Gasteiger partial charge in [-0.3, -0.25) is 4.79 Å². The van der Waals surface area contributed by atoms with Crippen LogP contribution < -0.4 is 0 Å². The maximum Gasteiger partial charge on any atom is 0.309 e. The van der Waals surface area contributed by atoms with Crippen LogP contribution in [0.4, 0.5) is 0 Å². The van der Waals surface area contributed by atoms with E-state index in [0.717, 1.165) is 24.0 Å². The molecule has 0 unspecified atom stereocenters. The molecule has 0 heterocycles. The van der Waals surface area contributed by atoms with E-state index in [4.69, 9.17) is 5.11 Å². The Morgan fingerprint density at radius 3 is 1.73 bits per heavy atom. The number of aryl methyl sites for hydroxylation is 2. The van der Waals surface area contributed by atoms with Crippen LogP contribution in [0.3, 0.4) is 0 Å². The van der Waals surface area contributed by atoms with Crippen molar-refractivity contribution in [1.29, 1.82) is 0 Å². The van der Waals surface area contributed by atoms with Gasteiger partial charge in [0.2, 0.25) is 0 Å². The van der Waals surface area contributed by atoms with Crippen molar-refractivity contribution in [2.45, 2.75) is 59.7 Å². The Morgan fingerprint density at radius 1 is 0.955 bits per heavy atom. The highest BCUT2D eigenvalue weighted by atomic mass is 16.5. The van der Waals surface area contributed by atoms with Crippen LogP contribution in [0.25, 0.3) is 0 Å². The first-order valence-electron chi connectivity index (χ1n) is 7.72. The molecular weight excluding hydrogens is 280 g/mol. The number of benzene rings is 1. The molecule has 4 nitrogen and oxygen atoms in total. The molecule has 0 saturated heterocycles. The van der Waals surface area contributed by atoms with Crippen LogP contribution in [0.5, 0.6) is 0 Å². The quantitative estimate of drug-likeness (QED) is 0.645. The van der Waals surface area contributed by atoms with Gasteiger partial charge in [-0.2, -0.15) is 0 Å². The third kappa shape index (κ3) is 5.43. The molecule has 0 saturated carbocycles. The molecule has 22 heavy (non-hydrogen) atoms. The van der Waals surface area contributed by atoms with E-state index in [2.05, 4.69) is 0 Å². The summed E-state index contributed by atoms with van der Waals surface area (Å²) in [6, 6.07) is 8.11. The van der Waals surface area contributed by atoms with Crippen molar-refractivity contribution in [3.8, 4) is 0 Å². The molecule has 0 fully saturated rings. The van der Waals surface area contributed by atoms with Gasteiger partial charge in [-0.15, -0.1) is 0 Å². The van der Waals surface area contributed by atoms with Crippen LogP contribution in [0, 0.1) is 10.8 Å². The van der Waals surface area contributed by atoms with Crippen molar-refractivity contribution in [2.24, 2.45) is 10.8 Å². The van der Waals surface area contributed by atoms with Crippen molar-refractivity contribution in [1.82, 2.24) is 0 Å². The number of hydrogen-bond acceptors (Lipinski definition) is 3. The molecule has 1 aromatic carbocycles. The molecule has 0 spiro atoms. The predicted octanol–water partition coefficient (Wildman–Crippen LogP) is 3.00. The number of hydrogen-bond donors (Lipinski definition) is 3.